The molecule has 0 spiro atoms. The molecule has 0 bridgehead atoms. The Hall–Kier alpha value is -0.340. The molecular weight excluding hydrogens is 180 g/mol. The van der Waals surface area contributed by atoms with Gasteiger partial charge in [0.2, 0.25) is 0 Å². The van der Waals surface area contributed by atoms with Gasteiger partial charge in [0.05, 0.1) is 6.10 Å². The highest BCUT2D eigenvalue weighted by Crippen LogP contribution is 2.53. The van der Waals surface area contributed by atoms with Crippen LogP contribution < -0.4 is 0 Å². The second kappa shape index (κ2) is 3.10. The van der Waals surface area contributed by atoms with Crippen molar-refractivity contribution in [3.05, 3.63) is 22.4 Å². The Labute approximate surface area is 83.4 Å². The maximum atomic E-state index is 9.90. The lowest BCUT2D eigenvalue weighted by Crippen LogP contribution is -2.15. The summed E-state index contributed by atoms with van der Waals surface area (Å²) in [6.45, 7) is 4.46. The minimum atomic E-state index is -0.135. The van der Waals surface area contributed by atoms with Crippen LogP contribution in [0.3, 0.4) is 0 Å². The molecule has 0 radical (unpaired) electrons. The van der Waals surface area contributed by atoms with Crippen molar-refractivity contribution in [3.8, 4) is 0 Å². The smallest absolute Gasteiger partial charge is 0.0614 e. The Morgan fingerprint density at radius 1 is 1.69 bits per heavy atom. The first-order valence-electron chi connectivity index (χ1n) is 4.79. The van der Waals surface area contributed by atoms with E-state index < -0.39 is 0 Å². The fraction of sp³-hybridized carbons (Fsp3) is 0.636. The van der Waals surface area contributed by atoms with E-state index in [9.17, 15) is 5.11 Å². The number of aliphatic hydroxyl groups excluding tert-OH is 1. The van der Waals surface area contributed by atoms with Gasteiger partial charge >= 0.3 is 0 Å². The summed E-state index contributed by atoms with van der Waals surface area (Å²) in [7, 11) is 0. The van der Waals surface area contributed by atoms with Crippen LogP contribution in [-0.4, -0.2) is 11.2 Å². The van der Waals surface area contributed by atoms with Crippen LogP contribution in [0.4, 0.5) is 0 Å². The van der Waals surface area contributed by atoms with Gasteiger partial charge in [-0.25, -0.2) is 0 Å². The van der Waals surface area contributed by atoms with Crippen molar-refractivity contribution in [2.75, 3.05) is 0 Å². The van der Waals surface area contributed by atoms with Gasteiger partial charge in [0.25, 0.3) is 0 Å². The Morgan fingerprint density at radius 2 is 2.38 bits per heavy atom. The normalized spacial score (nSPS) is 27.2. The zero-order valence-corrected chi connectivity index (χ0v) is 8.97. The molecule has 13 heavy (non-hydrogen) atoms. The zero-order valence-electron chi connectivity index (χ0n) is 8.16. The number of thiophene rings is 1. The Morgan fingerprint density at radius 3 is 2.85 bits per heavy atom. The first kappa shape index (κ1) is 9.22. The van der Waals surface area contributed by atoms with Crippen molar-refractivity contribution in [3.63, 3.8) is 0 Å². The van der Waals surface area contributed by atoms with Gasteiger partial charge in [0.1, 0.15) is 0 Å². The molecule has 1 aromatic heterocycles. The van der Waals surface area contributed by atoms with E-state index in [2.05, 4.69) is 30.7 Å². The van der Waals surface area contributed by atoms with Crippen LogP contribution in [0, 0.1) is 11.3 Å². The summed E-state index contributed by atoms with van der Waals surface area (Å²) in [6, 6.07) is 2.10. The highest BCUT2D eigenvalue weighted by atomic mass is 32.1. The van der Waals surface area contributed by atoms with E-state index in [1.165, 1.54) is 12.0 Å². The molecule has 0 aliphatic heterocycles. The third-order valence-corrected chi connectivity index (χ3v) is 3.81. The van der Waals surface area contributed by atoms with Gasteiger partial charge in [-0.3, -0.25) is 0 Å². The van der Waals surface area contributed by atoms with Crippen molar-refractivity contribution in [1.82, 2.24) is 0 Å². The molecule has 0 amide bonds. The minimum Gasteiger partial charge on any atom is -0.392 e. The lowest BCUT2D eigenvalue weighted by molar-refractivity contribution is 0.137. The van der Waals surface area contributed by atoms with E-state index in [1.807, 2.05) is 0 Å². The maximum Gasteiger partial charge on any atom is 0.0614 e. The zero-order chi connectivity index (χ0) is 9.47. The lowest BCUT2D eigenvalue weighted by Gasteiger charge is -2.10. The standard InChI is InChI=1S/C11H16OS/c1-11(2)6-9(11)10(12)5-8-3-4-13-7-8/h3-4,7,9-10,12H,5-6H2,1-2H3. The Balaban J connectivity index is 1.90. The van der Waals surface area contributed by atoms with Gasteiger partial charge in [-0.15, -0.1) is 0 Å². The second-order valence-corrected chi connectivity index (χ2v) is 5.48. The van der Waals surface area contributed by atoms with Crippen molar-refractivity contribution in [2.45, 2.75) is 32.8 Å². The molecule has 1 aliphatic carbocycles. The average molecular weight is 196 g/mol. The molecule has 1 nitrogen and oxygen atoms in total. The summed E-state index contributed by atoms with van der Waals surface area (Å²) in [4.78, 5) is 0. The first-order valence-corrected chi connectivity index (χ1v) is 5.73. The largest absolute Gasteiger partial charge is 0.392 e. The van der Waals surface area contributed by atoms with E-state index in [0.717, 1.165) is 6.42 Å². The van der Waals surface area contributed by atoms with E-state index in [0.29, 0.717) is 11.3 Å². The van der Waals surface area contributed by atoms with E-state index in [1.54, 1.807) is 11.3 Å². The summed E-state index contributed by atoms with van der Waals surface area (Å²) >= 11 is 1.70. The third-order valence-electron chi connectivity index (χ3n) is 3.08. The van der Waals surface area contributed by atoms with Crippen LogP contribution in [0.15, 0.2) is 16.8 Å². The minimum absolute atomic E-state index is 0.135. The van der Waals surface area contributed by atoms with Crippen LogP contribution in [-0.2, 0) is 6.42 Å². The molecule has 2 atom stereocenters. The third kappa shape index (κ3) is 1.94. The van der Waals surface area contributed by atoms with Gasteiger partial charge in [-0.05, 0) is 46.6 Å². The Bertz CT molecular complexity index is 276. The first-order chi connectivity index (χ1) is 6.09. The molecule has 1 aliphatic rings. The molecule has 0 saturated heterocycles. The van der Waals surface area contributed by atoms with Crippen LogP contribution in [0.2, 0.25) is 0 Å². The van der Waals surface area contributed by atoms with E-state index in [-0.39, 0.29) is 6.10 Å². The molecule has 1 N–H and O–H groups in total. The molecule has 0 aromatic carbocycles. The van der Waals surface area contributed by atoms with Gasteiger partial charge < -0.3 is 5.11 Å². The van der Waals surface area contributed by atoms with E-state index >= 15 is 0 Å². The second-order valence-electron chi connectivity index (χ2n) is 4.70. The Kier molecular flexibility index (Phi) is 2.20. The highest BCUT2D eigenvalue weighted by molar-refractivity contribution is 7.07. The van der Waals surface area contributed by atoms with Gasteiger partial charge in [-0.2, -0.15) is 11.3 Å². The van der Waals surface area contributed by atoms with Crippen molar-refractivity contribution < 1.29 is 5.11 Å². The quantitative estimate of drug-likeness (QED) is 0.788. The summed E-state index contributed by atoms with van der Waals surface area (Å²) in [5.41, 5.74) is 1.66. The van der Waals surface area contributed by atoms with Gasteiger partial charge in [0.15, 0.2) is 0 Å². The van der Waals surface area contributed by atoms with Crippen molar-refractivity contribution in [1.29, 1.82) is 0 Å². The number of aliphatic hydroxyl groups is 1. The monoisotopic (exact) mass is 196 g/mol. The lowest BCUT2D eigenvalue weighted by atomic mass is 10.0. The number of hydrogen-bond acceptors (Lipinski definition) is 2. The molecule has 1 saturated carbocycles. The van der Waals surface area contributed by atoms with Crippen LogP contribution in [0.25, 0.3) is 0 Å². The van der Waals surface area contributed by atoms with E-state index in [4.69, 9.17) is 0 Å². The number of rotatable bonds is 3. The van der Waals surface area contributed by atoms with Crippen molar-refractivity contribution in [2.24, 2.45) is 11.3 Å². The fourth-order valence-electron chi connectivity index (χ4n) is 1.96. The number of hydrogen-bond donors (Lipinski definition) is 1. The molecule has 2 heteroatoms. The summed E-state index contributed by atoms with van der Waals surface area (Å²) < 4.78 is 0. The molecule has 2 unspecified atom stereocenters. The SMILES string of the molecule is CC1(C)CC1C(O)Cc1ccsc1. The van der Waals surface area contributed by atoms with Crippen LogP contribution in [0.1, 0.15) is 25.8 Å². The topological polar surface area (TPSA) is 20.2 Å². The maximum absolute atomic E-state index is 9.90. The van der Waals surface area contributed by atoms with Crippen LogP contribution in [0.5, 0.6) is 0 Å². The summed E-state index contributed by atoms with van der Waals surface area (Å²) in [6.07, 6.45) is 1.88. The molecule has 72 valence electrons. The molecule has 1 aromatic rings. The summed E-state index contributed by atoms with van der Waals surface area (Å²) in [5, 5.41) is 14.1. The predicted octanol–water partition coefficient (Wildman–Crippen LogP) is 2.70. The average Bonchev–Trinajstić information content (AvgIpc) is 2.49. The van der Waals surface area contributed by atoms with Crippen LogP contribution >= 0.6 is 11.3 Å². The van der Waals surface area contributed by atoms with Gasteiger partial charge in [0, 0.05) is 0 Å². The highest BCUT2D eigenvalue weighted by Gasteiger charge is 2.49. The molecule has 2 rings (SSSR count). The summed E-state index contributed by atoms with van der Waals surface area (Å²) in [5.74, 6) is 0.521. The fourth-order valence-corrected chi connectivity index (χ4v) is 2.64. The predicted molar refractivity (Wildman–Crippen MR) is 55.9 cm³/mol. The molecule has 1 heterocycles. The molecular formula is C11H16OS. The molecule has 1 fully saturated rings. The van der Waals surface area contributed by atoms with Crippen molar-refractivity contribution >= 4 is 11.3 Å². The van der Waals surface area contributed by atoms with Gasteiger partial charge in [-0.1, -0.05) is 13.8 Å².